The zero-order valence-electron chi connectivity index (χ0n) is 10.6. The lowest BCUT2D eigenvalue weighted by atomic mass is 10.1. The molecular weight excluding hydrogens is 268 g/mol. The Morgan fingerprint density at radius 2 is 1.95 bits per heavy atom. The van der Waals surface area contributed by atoms with Gasteiger partial charge in [-0.15, -0.1) is 0 Å². The number of carbonyl (C=O) groups is 2. The number of amides is 2. The zero-order valence-corrected chi connectivity index (χ0v) is 11.4. The molecule has 19 heavy (non-hydrogen) atoms. The van der Waals surface area contributed by atoms with Gasteiger partial charge in [-0.25, -0.2) is 4.79 Å². The second-order valence-corrected chi connectivity index (χ2v) is 4.82. The van der Waals surface area contributed by atoms with Crippen LogP contribution in [0.15, 0.2) is 24.3 Å². The molecule has 1 rings (SSSR count). The summed E-state index contributed by atoms with van der Waals surface area (Å²) in [7, 11) is 0. The molecule has 0 heterocycles. The number of carboxylic acids is 1. The van der Waals surface area contributed by atoms with Gasteiger partial charge in [0.25, 0.3) is 0 Å². The Morgan fingerprint density at radius 3 is 2.53 bits per heavy atom. The highest BCUT2D eigenvalue weighted by molar-refractivity contribution is 6.30. The summed E-state index contributed by atoms with van der Waals surface area (Å²) in [5.74, 6) is -0.704. The first-order valence-electron chi connectivity index (χ1n) is 5.99. The van der Waals surface area contributed by atoms with Crippen molar-refractivity contribution < 1.29 is 14.7 Å². The van der Waals surface area contributed by atoms with Crippen molar-refractivity contribution in [1.29, 1.82) is 0 Å². The van der Waals surface area contributed by atoms with Gasteiger partial charge < -0.3 is 15.7 Å². The third-order valence-corrected chi connectivity index (χ3v) is 2.82. The molecule has 0 aliphatic rings. The first-order valence-corrected chi connectivity index (χ1v) is 6.37. The van der Waals surface area contributed by atoms with Crippen molar-refractivity contribution in [2.45, 2.75) is 19.8 Å². The summed E-state index contributed by atoms with van der Waals surface area (Å²) >= 11 is 5.73. The van der Waals surface area contributed by atoms with Crippen molar-refractivity contribution in [3.63, 3.8) is 0 Å². The van der Waals surface area contributed by atoms with E-state index in [2.05, 4.69) is 10.6 Å². The smallest absolute Gasteiger partial charge is 0.319 e. The monoisotopic (exact) mass is 284 g/mol. The van der Waals surface area contributed by atoms with Gasteiger partial charge in [-0.1, -0.05) is 18.5 Å². The van der Waals surface area contributed by atoms with E-state index in [1.165, 1.54) is 0 Å². The fourth-order valence-electron chi connectivity index (χ4n) is 1.45. The van der Waals surface area contributed by atoms with E-state index in [1.807, 2.05) is 6.92 Å². The van der Waals surface area contributed by atoms with Gasteiger partial charge in [0, 0.05) is 23.7 Å². The number of carboxylic acid groups (broad SMARTS) is 1. The van der Waals surface area contributed by atoms with Gasteiger partial charge in [0.05, 0.1) is 0 Å². The number of rotatable bonds is 6. The minimum atomic E-state index is -0.822. The molecule has 0 bridgehead atoms. The van der Waals surface area contributed by atoms with E-state index in [0.29, 0.717) is 23.7 Å². The molecule has 0 saturated carbocycles. The summed E-state index contributed by atoms with van der Waals surface area (Å²) in [6, 6.07) is 6.47. The number of urea groups is 1. The molecule has 0 radical (unpaired) electrons. The van der Waals surface area contributed by atoms with Crippen molar-refractivity contribution in [1.82, 2.24) is 5.32 Å². The van der Waals surface area contributed by atoms with E-state index in [9.17, 15) is 9.59 Å². The summed E-state index contributed by atoms with van der Waals surface area (Å²) < 4.78 is 0. The summed E-state index contributed by atoms with van der Waals surface area (Å²) in [5.41, 5.74) is 0.653. The van der Waals surface area contributed by atoms with Crippen LogP contribution in [0.1, 0.15) is 19.8 Å². The number of carbonyl (C=O) groups excluding carboxylic acids is 1. The molecule has 1 aromatic carbocycles. The summed E-state index contributed by atoms with van der Waals surface area (Å²) in [6.07, 6.45) is 0.651. The fourth-order valence-corrected chi connectivity index (χ4v) is 1.57. The van der Waals surface area contributed by atoms with Gasteiger partial charge in [-0.2, -0.15) is 0 Å². The van der Waals surface area contributed by atoms with Gasteiger partial charge in [0.1, 0.15) is 0 Å². The van der Waals surface area contributed by atoms with Crippen LogP contribution in [0.5, 0.6) is 0 Å². The third-order valence-electron chi connectivity index (χ3n) is 2.56. The molecule has 0 aromatic heterocycles. The Balaban J connectivity index is 2.27. The van der Waals surface area contributed by atoms with Crippen LogP contribution < -0.4 is 10.6 Å². The maximum absolute atomic E-state index is 11.6. The van der Waals surface area contributed by atoms with E-state index in [0.717, 1.165) is 0 Å². The number of anilines is 1. The number of hydrogen-bond acceptors (Lipinski definition) is 2. The number of nitrogens with one attached hydrogen (secondary N) is 2. The lowest BCUT2D eigenvalue weighted by Crippen LogP contribution is -2.32. The summed E-state index contributed by atoms with van der Waals surface area (Å²) in [6.45, 7) is 2.33. The van der Waals surface area contributed by atoms with Crippen LogP contribution in [-0.4, -0.2) is 23.7 Å². The van der Waals surface area contributed by atoms with Gasteiger partial charge in [0.2, 0.25) is 0 Å². The Morgan fingerprint density at radius 1 is 1.32 bits per heavy atom. The Bertz CT molecular complexity index is 434. The van der Waals surface area contributed by atoms with Crippen LogP contribution in [0, 0.1) is 5.92 Å². The highest BCUT2D eigenvalue weighted by atomic mass is 35.5. The summed E-state index contributed by atoms with van der Waals surface area (Å²) in [5, 5.41) is 14.5. The number of aliphatic carboxylic acids is 1. The lowest BCUT2D eigenvalue weighted by Gasteiger charge is -2.12. The van der Waals surface area contributed by atoms with Crippen LogP contribution in [0.25, 0.3) is 0 Å². The zero-order chi connectivity index (χ0) is 14.3. The highest BCUT2D eigenvalue weighted by Crippen LogP contribution is 2.13. The topological polar surface area (TPSA) is 78.4 Å². The molecule has 0 spiro atoms. The quantitative estimate of drug-likeness (QED) is 0.751. The maximum Gasteiger partial charge on any atom is 0.319 e. The minimum Gasteiger partial charge on any atom is -0.481 e. The number of hydrogen-bond donors (Lipinski definition) is 3. The van der Waals surface area contributed by atoms with E-state index in [4.69, 9.17) is 16.7 Å². The predicted molar refractivity (Wildman–Crippen MR) is 74.5 cm³/mol. The van der Waals surface area contributed by atoms with Crippen LogP contribution in [0.4, 0.5) is 10.5 Å². The molecule has 0 aliphatic heterocycles. The molecule has 0 fully saturated rings. The molecule has 1 unspecified atom stereocenters. The Hall–Kier alpha value is -1.75. The number of halogens is 1. The van der Waals surface area contributed by atoms with E-state index in [1.54, 1.807) is 24.3 Å². The Labute approximate surface area is 117 Å². The number of benzene rings is 1. The molecule has 5 nitrogen and oxygen atoms in total. The van der Waals surface area contributed by atoms with Crippen molar-refractivity contribution >= 4 is 29.3 Å². The van der Waals surface area contributed by atoms with Gasteiger partial charge in [0.15, 0.2) is 0 Å². The molecule has 0 aliphatic carbocycles. The van der Waals surface area contributed by atoms with Crippen molar-refractivity contribution in [2.75, 3.05) is 11.9 Å². The summed E-state index contributed by atoms with van der Waals surface area (Å²) in [4.78, 5) is 22.0. The minimum absolute atomic E-state index is 0.113. The van der Waals surface area contributed by atoms with Crippen LogP contribution in [0.2, 0.25) is 5.02 Å². The molecule has 104 valence electrons. The van der Waals surface area contributed by atoms with Crippen LogP contribution >= 0.6 is 11.6 Å². The standard InChI is InChI=1S/C13H17ClN2O3/c1-9(2-7-12(17)18)8-15-13(19)16-11-5-3-10(14)4-6-11/h3-6,9H,2,7-8H2,1H3,(H,17,18)(H2,15,16,19). The van der Waals surface area contributed by atoms with Crippen LogP contribution in [-0.2, 0) is 4.79 Å². The van der Waals surface area contributed by atoms with Gasteiger partial charge in [-0.3, -0.25) is 4.79 Å². The first-order chi connectivity index (χ1) is 8.97. The van der Waals surface area contributed by atoms with Gasteiger partial charge >= 0.3 is 12.0 Å². The molecule has 1 atom stereocenters. The largest absolute Gasteiger partial charge is 0.481 e. The van der Waals surface area contributed by atoms with Crippen LogP contribution in [0.3, 0.4) is 0 Å². The highest BCUT2D eigenvalue weighted by Gasteiger charge is 2.07. The second kappa shape index (κ2) is 7.63. The van der Waals surface area contributed by atoms with Crippen molar-refractivity contribution in [3.8, 4) is 0 Å². The second-order valence-electron chi connectivity index (χ2n) is 4.38. The normalized spacial score (nSPS) is 11.7. The average molecular weight is 285 g/mol. The molecule has 3 N–H and O–H groups in total. The van der Waals surface area contributed by atoms with Crippen molar-refractivity contribution in [2.24, 2.45) is 5.92 Å². The predicted octanol–water partition coefficient (Wildman–Crippen LogP) is 2.96. The molecule has 6 heteroatoms. The average Bonchev–Trinajstić information content (AvgIpc) is 2.36. The lowest BCUT2D eigenvalue weighted by molar-refractivity contribution is -0.137. The van der Waals surface area contributed by atoms with E-state index in [-0.39, 0.29) is 18.4 Å². The van der Waals surface area contributed by atoms with E-state index >= 15 is 0 Å². The SMILES string of the molecule is CC(CCC(=O)O)CNC(=O)Nc1ccc(Cl)cc1. The maximum atomic E-state index is 11.6. The fraction of sp³-hybridized carbons (Fsp3) is 0.385. The Kier molecular flexibility index (Phi) is 6.15. The molecule has 0 saturated heterocycles. The van der Waals surface area contributed by atoms with E-state index < -0.39 is 5.97 Å². The molecule has 1 aromatic rings. The molecule has 2 amide bonds. The molecular formula is C13H17ClN2O3. The van der Waals surface area contributed by atoms with Gasteiger partial charge in [-0.05, 0) is 36.6 Å². The first kappa shape index (κ1) is 15.3. The van der Waals surface area contributed by atoms with Crippen molar-refractivity contribution in [3.05, 3.63) is 29.3 Å². The third kappa shape index (κ3) is 6.67.